The van der Waals surface area contributed by atoms with Crippen molar-refractivity contribution < 1.29 is 12.9 Å². The second kappa shape index (κ2) is 5.48. The van der Waals surface area contributed by atoms with Crippen molar-refractivity contribution in [2.24, 2.45) is 0 Å². The van der Waals surface area contributed by atoms with Crippen molar-refractivity contribution in [3.8, 4) is 5.75 Å². The lowest BCUT2D eigenvalue weighted by Gasteiger charge is -2.34. The molecule has 0 bridgehead atoms. The largest absolute Gasteiger partial charge is 0.380 e. The van der Waals surface area contributed by atoms with Crippen LogP contribution < -0.4 is 9.08 Å². The number of nitrogens with zero attached hydrogens (tertiary/aromatic N) is 2. The summed E-state index contributed by atoms with van der Waals surface area (Å²) in [5, 5.41) is 0. The van der Waals surface area contributed by atoms with E-state index in [1.807, 2.05) is 12.1 Å². The Hall–Kier alpha value is -1.11. The molecule has 6 heteroatoms. The van der Waals surface area contributed by atoms with Gasteiger partial charge in [-0.05, 0) is 31.3 Å². The van der Waals surface area contributed by atoms with E-state index in [1.54, 1.807) is 12.1 Å². The van der Waals surface area contributed by atoms with E-state index in [0.29, 0.717) is 5.75 Å². The van der Waals surface area contributed by atoms with Crippen LogP contribution in [0.5, 0.6) is 5.75 Å². The third kappa shape index (κ3) is 3.42. The predicted octanol–water partition coefficient (Wildman–Crippen LogP) is 0.954. The van der Waals surface area contributed by atoms with Crippen molar-refractivity contribution in [2.45, 2.75) is 0 Å². The minimum Gasteiger partial charge on any atom is -0.380 e. The Balaban J connectivity index is 2.00. The van der Waals surface area contributed by atoms with Gasteiger partial charge in [-0.25, -0.2) is 0 Å². The van der Waals surface area contributed by atoms with Gasteiger partial charge in [0, 0.05) is 31.9 Å². The molecule has 0 radical (unpaired) electrons. The lowest BCUT2D eigenvalue weighted by Crippen LogP contribution is -2.44. The molecule has 1 atom stereocenters. The zero-order valence-electron chi connectivity index (χ0n) is 9.70. The normalized spacial score (nSPS) is 19.1. The van der Waals surface area contributed by atoms with E-state index < -0.39 is 11.4 Å². The Labute approximate surface area is 103 Å². The van der Waals surface area contributed by atoms with Crippen LogP contribution >= 0.6 is 0 Å². The first-order valence-corrected chi connectivity index (χ1v) is 6.51. The fourth-order valence-electron chi connectivity index (χ4n) is 1.86. The van der Waals surface area contributed by atoms with Crippen LogP contribution in [0.25, 0.3) is 0 Å². The zero-order valence-corrected chi connectivity index (χ0v) is 10.5. The van der Waals surface area contributed by atoms with Crippen molar-refractivity contribution in [3.63, 3.8) is 0 Å². The molecule has 0 spiro atoms. The lowest BCUT2D eigenvalue weighted by atomic mass is 10.2. The standard InChI is InChI=1S/C11H16N2O3S/c1-12-6-8-13(9-7-12)10-2-4-11(5-3-10)16-17(14)15/h2-5H,6-9H2,1H3,(H,14,15). The quantitative estimate of drug-likeness (QED) is 0.816. The monoisotopic (exact) mass is 256 g/mol. The van der Waals surface area contributed by atoms with Crippen molar-refractivity contribution in [2.75, 3.05) is 38.1 Å². The van der Waals surface area contributed by atoms with Gasteiger partial charge in [-0.15, -0.1) is 0 Å². The Bertz CT molecular complexity index is 388. The molecular formula is C11H16N2O3S. The average molecular weight is 256 g/mol. The number of rotatable bonds is 3. The van der Waals surface area contributed by atoms with Crippen LogP contribution in [0.15, 0.2) is 24.3 Å². The molecule has 0 aromatic heterocycles. The van der Waals surface area contributed by atoms with Gasteiger partial charge in [-0.1, -0.05) is 0 Å². The first-order chi connectivity index (χ1) is 8.15. The number of hydrogen-bond donors (Lipinski definition) is 1. The van der Waals surface area contributed by atoms with Gasteiger partial charge in [0.15, 0.2) is 0 Å². The average Bonchev–Trinajstić information content (AvgIpc) is 2.30. The Morgan fingerprint density at radius 2 is 1.76 bits per heavy atom. The van der Waals surface area contributed by atoms with Gasteiger partial charge in [-0.3, -0.25) is 4.55 Å². The highest BCUT2D eigenvalue weighted by Gasteiger charge is 2.14. The minimum absolute atomic E-state index is 0.406. The van der Waals surface area contributed by atoms with E-state index in [2.05, 4.69) is 21.0 Å². The summed E-state index contributed by atoms with van der Waals surface area (Å²) in [6.07, 6.45) is 0. The van der Waals surface area contributed by atoms with Gasteiger partial charge in [-0.2, -0.15) is 4.21 Å². The maximum absolute atomic E-state index is 10.5. The van der Waals surface area contributed by atoms with E-state index in [-0.39, 0.29) is 0 Å². The van der Waals surface area contributed by atoms with Crippen molar-refractivity contribution >= 4 is 17.0 Å². The molecular weight excluding hydrogens is 240 g/mol. The molecule has 17 heavy (non-hydrogen) atoms. The number of benzene rings is 1. The van der Waals surface area contributed by atoms with Gasteiger partial charge in [0.2, 0.25) is 0 Å². The highest BCUT2D eigenvalue weighted by atomic mass is 32.2. The maximum Gasteiger partial charge on any atom is 0.357 e. The Kier molecular flexibility index (Phi) is 3.98. The highest BCUT2D eigenvalue weighted by molar-refractivity contribution is 7.74. The van der Waals surface area contributed by atoms with Gasteiger partial charge < -0.3 is 14.0 Å². The molecule has 1 aromatic rings. The molecule has 0 saturated carbocycles. The number of piperazine rings is 1. The molecule has 0 aliphatic carbocycles. The molecule has 1 unspecified atom stereocenters. The summed E-state index contributed by atoms with van der Waals surface area (Å²) in [6.45, 7) is 4.11. The molecule has 5 nitrogen and oxygen atoms in total. The van der Waals surface area contributed by atoms with Crippen LogP contribution in [0.2, 0.25) is 0 Å². The SMILES string of the molecule is CN1CCN(c2ccc(OS(=O)O)cc2)CC1. The van der Waals surface area contributed by atoms with Gasteiger partial charge in [0.25, 0.3) is 0 Å². The third-order valence-electron chi connectivity index (χ3n) is 2.87. The second-order valence-electron chi connectivity index (χ2n) is 4.08. The summed E-state index contributed by atoms with van der Waals surface area (Å²) in [6, 6.07) is 7.24. The molecule has 0 amide bonds. The van der Waals surface area contributed by atoms with Crippen LogP contribution in [0.4, 0.5) is 5.69 Å². The Morgan fingerprint density at radius 3 is 2.29 bits per heavy atom. The highest BCUT2D eigenvalue weighted by Crippen LogP contribution is 2.20. The molecule has 94 valence electrons. The molecule has 1 heterocycles. The number of likely N-dealkylation sites (N-methyl/N-ethyl adjacent to an activating group) is 1. The van der Waals surface area contributed by atoms with Crippen LogP contribution in [0.1, 0.15) is 0 Å². The van der Waals surface area contributed by atoms with E-state index in [0.717, 1.165) is 31.9 Å². The van der Waals surface area contributed by atoms with Crippen LogP contribution in [-0.2, 0) is 11.4 Å². The smallest absolute Gasteiger partial charge is 0.357 e. The fourth-order valence-corrected chi connectivity index (χ4v) is 2.14. The third-order valence-corrected chi connectivity index (χ3v) is 3.21. The summed E-state index contributed by atoms with van der Waals surface area (Å²) in [5.41, 5.74) is 1.12. The predicted molar refractivity (Wildman–Crippen MR) is 67.6 cm³/mol. The van der Waals surface area contributed by atoms with E-state index in [9.17, 15) is 4.21 Å². The van der Waals surface area contributed by atoms with Crippen LogP contribution in [0, 0.1) is 0 Å². The first-order valence-electron chi connectivity index (χ1n) is 5.48. The molecule has 1 saturated heterocycles. The minimum atomic E-state index is -2.25. The lowest BCUT2D eigenvalue weighted by molar-refractivity contribution is 0.313. The first kappa shape index (κ1) is 12.3. The molecule has 1 fully saturated rings. The fraction of sp³-hybridized carbons (Fsp3) is 0.455. The molecule has 1 aliphatic rings. The summed E-state index contributed by atoms with van der Waals surface area (Å²) < 4.78 is 23.7. The second-order valence-corrected chi connectivity index (χ2v) is 4.69. The summed E-state index contributed by atoms with van der Waals surface area (Å²) >= 11 is -2.25. The van der Waals surface area contributed by atoms with Crippen molar-refractivity contribution in [1.29, 1.82) is 0 Å². The van der Waals surface area contributed by atoms with Crippen LogP contribution in [-0.4, -0.2) is 46.9 Å². The molecule has 1 N–H and O–H groups in total. The van der Waals surface area contributed by atoms with Crippen LogP contribution in [0.3, 0.4) is 0 Å². The zero-order chi connectivity index (χ0) is 12.3. The van der Waals surface area contributed by atoms with Gasteiger partial charge in [0.1, 0.15) is 5.75 Å². The summed E-state index contributed by atoms with van der Waals surface area (Å²) in [4.78, 5) is 4.59. The topological polar surface area (TPSA) is 53.0 Å². The van der Waals surface area contributed by atoms with Gasteiger partial charge >= 0.3 is 11.4 Å². The van der Waals surface area contributed by atoms with E-state index in [1.165, 1.54) is 0 Å². The van der Waals surface area contributed by atoms with Gasteiger partial charge in [0.05, 0.1) is 0 Å². The number of hydrogen-bond acceptors (Lipinski definition) is 4. The summed E-state index contributed by atoms with van der Waals surface area (Å²) in [5.74, 6) is 0.406. The Morgan fingerprint density at radius 1 is 1.18 bits per heavy atom. The van der Waals surface area contributed by atoms with Crippen molar-refractivity contribution in [3.05, 3.63) is 24.3 Å². The molecule has 1 aliphatic heterocycles. The van der Waals surface area contributed by atoms with Crippen molar-refractivity contribution in [1.82, 2.24) is 4.90 Å². The van der Waals surface area contributed by atoms with E-state index in [4.69, 9.17) is 4.55 Å². The molecule has 1 aromatic carbocycles. The maximum atomic E-state index is 10.5. The number of anilines is 1. The van der Waals surface area contributed by atoms with E-state index >= 15 is 0 Å². The summed E-state index contributed by atoms with van der Waals surface area (Å²) in [7, 11) is 2.12. The molecule has 2 rings (SSSR count).